The Balaban J connectivity index is 0.000000447. The predicted molar refractivity (Wildman–Crippen MR) is 543 cm³/mol. The van der Waals surface area contributed by atoms with Gasteiger partial charge in [0.25, 0.3) is 17.7 Å². The summed E-state index contributed by atoms with van der Waals surface area (Å²) in [5.41, 5.74) is 42.9. The molecule has 3 atom stereocenters. The van der Waals surface area contributed by atoms with Gasteiger partial charge in [0.05, 0.1) is 85.1 Å². The molecule has 145 heavy (non-hydrogen) atoms. The molecule has 0 bridgehead atoms. The fraction of sp³-hybridized carbons (Fsp3) is 0.406. The molecule has 0 radical (unpaired) electrons. The molecule has 9 rings (SSSR count). The van der Waals surface area contributed by atoms with E-state index in [0.29, 0.717) is 80.2 Å². The van der Waals surface area contributed by atoms with Gasteiger partial charge in [0.2, 0.25) is 5.96 Å². The molecule has 17 N–H and O–H groups in total. The Morgan fingerprint density at radius 1 is 0.559 bits per heavy atom. The molecular weight excluding hydrogens is 1970 g/mol. The molecule has 3 aromatic heterocycles. The number of carboxylic acids is 3. The minimum atomic E-state index is -1.18. The van der Waals surface area contributed by atoms with Gasteiger partial charge >= 0.3 is 54.1 Å². The van der Waals surface area contributed by atoms with E-state index in [1.54, 1.807) is 192 Å². The van der Waals surface area contributed by atoms with Crippen molar-refractivity contribution in [1.82, 2.24) is 55.5 Å². The van der Waals surface area contributed by atoms with Crippen molar-refractivity contribution in [2.75, 3.05) is 19.6 Å². The number of hydrogen-bond donors (Lipinski definition) is 11. The van der Waals surface area contributed by atoms with Crippen LogP contribution in [0.3, 0.4) is 0 Å². The van der Waals surface area contributed by atoms with Crippen molar-refractivity contribution in [2.45, 2.75) is 227 Å². The third-order valence-corrected chi connectivity index (χ3v) is 18.6. The van der Waals surface area contributed by atoms with Crippen LogP contribution in [0, 0.1) is 30.6 Å². The molecule has 0 aliphatic carbocycles. The molecule has 5 aromatic carbocycles. The maximum Gasteiger partial charge on any atom is 0.437 e. The molecule has 4 heterocycles. The van der Waals surface area contributed by atoms with Crippen molar-refractivity contribution in [3.05, 3.63) is 210 Å². The smallest absolute Gasteiger partial charge is 0.437 e. The molecule has 49 heteroatoms. The first-order chi connectivity index (χ1) is 67.7. The number of aliphatic carboxylic acids is 3. The summed E-state index contributed by atoms with van der Waals surface area (Å²) in [6, 6.07) is 29.5. The number of unbranched alkanes of at least 4 members (excludes halogenated alkanes) is 1. The normalized spacial score (nSPS) is 12.3. The Morgan fingerprint density at radius 2 is 1.00 bits per heavy atom. The summed E-state index contributed by atoms with van der Waals surface area (Å²) in [6.45, 7) is 27.6. The zero-order valence-corrected chi connectivity index (χ0v) is 85.8. The van der Waals surface area contributed by atoms with Gasteiger partial charge in [-0.3, -0.25) is 48.9 Å². The number of aromatic nitrogens is 8. The van der Waals surface area contributed by atoms with Crippen molar-refractivity contribution < 1.29 is 101 Å². The van der Waals surface area contributed by atoms with Crippen molar-refractivity contribution in [2.24, 2.45) is 65.4 Å². The summed E-state index contributed by atoms with van der Waals surface area (Å²) in [7, 11) is 0. The van der Waals surface area contributed by atoms with Crippen LogP contribution < -0.4 is 45.0 Å². The second-order valence-electron chi connectivity index (χ2n) is 35.7. The highest BCUT2D eigenvalue weighted by Gasteiger charge is 2.35. The minimum absolute atomic E-state index is 0.0174. The first-order valence-electron chi connectivity index (χ1n) is 44.3. The van der Waals surface area contributed by atoms with E-state index in [2.05, 4.69) is 78.2 Å². The number of halogens is 4. The maximum atomic E-state index is 12.6. The Morgan fingerprint density at radius 3 is 1.41 bits per heavy atom. The van der Waals surface area contributed by atoms with Crippen molar-refractivity contribution in [3.63, 3.8) is 0 Å². The highest BCUT2D eigenvalue weighted by molar-refractivity contribution is 6.40. The molecule has 0 spiro atoms. The number of terminal acetylenes is 2. The van der Waals surface area contributed by atoms with Gasteiger partial charge < -0.3 is 83.6 Å². The number of nitrogens with one attached hydrogen (secondary N) is 2. The number of rotatable bonds is 30. The van der Waals surface area contributed by atoms with Crippen LogP contribution in [-0.4, -0.2) is 215 Å². The molecule has 1 aliphatic heterocycles. The molecule has 1 saturated heterocycles. The summed E-state index contributed by atoms with van der Waals surface area (Å²) in [4.78, 5) is 163. The van der Waals surface area contributed by atoms with E-state index in [-0.39, 0.29) is 94.0 Å². The Labute approximate surface area is 857 Å². The molecule has 0 unspecified atom stereocenters. The van der Waals surface area contributed by atoms with E-state index < -0.39 is 118 Å². The zero-order valence-electron chi connectivity index (χ0n) is 82.8. The number of nitrogens with two attached hydrogens (primary N) is 6. The first-order valence-corrected chi connectivity index (χ1v) is 45.8. The van der Waals surface area contributed by atoms with Crippen molar-refractivity contribution >= 4 is 147 Å². The number of aliphatic imine (C=N–C) groups is 4. The number of carbonyl (C=O) groups is 12. The average molecular weight is 2090 g/mol. The number of nitrogens with zero attached hydrogens (tertiary/aromatic N) is 16. The molecule has 780 valence electrons. The van der Waals surface area contributed by atoms with Crippen LogP contribution in [0.5, 0.6) is 0 Å². The largest absolute Gasteiger partial charge is 0.481 e. The second-order valence-corrected chi connectivity index (χ2v) is 37.4. The van der Waals surface area contributed by atoms with Crippen LogP contribution in [0.4, 0.5) is 20.1 Å². The number of alkyl carbamates (subject to hydrolysis) is 1. The Hall–Kier alpha value is -15.4. The lowest BCUT2D eigenvalue weighted by Gasteiger charge is -2.21. The number of azide groups is 1. The number of hydrogen-bond acceptors (Lipinski definition) is 28. The van der Waals surface area contributed by atoms with E-state index in [4.69, 9.17) is 133 Å². The van der Waals surface area contributed by atoms with Crippen LogP contribution in [0.2, 0.25) is 20.1 Å². The zero-order chi connectivity index (χ0) is 109. The topological polar surface area (TPSA) is 682 Å². The monoisotopic (exact) mass is 2090 g/mol. The van der Waals surface area contributed by atoms with Gasteiger partial charge in [-0.2, -0.15) is 10.1 Å². The highest BCUT2D eigenvalue weighted by Crippen LogP contribution is 2.29. The number of imide groups is 1. The number of hydroxylamine groups is 2. The number of esters is 2. The number of carbonyl (C=O) groups excluding carboxylic acids is 9. The number of guanidine groups is 2. The number of ether oxygens (including phenoxy) is 5. The second kappa shape index (κ2) is 60.8. The maximum absolute atomic E-state index is 12.6. The summed E-state index contributed by atoms with van der Waals surface area (Å²) >= 11 is 23.7. The summed E-state index contributed by atoms with van der Waals surface area (Å²) < 4.78 is 30.2. The minimum Gasteiger partial charge on any atom is -0.481 e. The SMILES string of the molecule is C#CCCCC(CC(=O)OC(C)(C)C)=NC(=O)OC(C)(C)C.C#CCCN.CC(C)(C)OC(=O)C[C@@H](Cc1ccc(N=[N+]=[N-])cc1)C(=O)O.CC(C)(C)OC(=O)N=C(NC(=O)OC(C)(C)C)n1cccn1.NC(N)=NCCc1cn(-c2ccc(C[C@H](N)C(=O)O)cc2)nn1.NC(N)=NCCc1cn(-c2ccc(C[C@H](NC(=O)c3c(Cl)cccc3Cl)C(=O)O)cc2)nn1.O=C(ON1C(=O)CCC1=O)c1c(Cl)cccc1Cl. The fourth-order valence-corrected chi connectivity index (χ4v) is 12.4. The lowest BCUT2D eigenvalue weighted by atomic mass is 9.96. The average Bonchev–Trinajstić information content (AvgIpc) is 1.72. The van der Waals surface area contributed by atoms with Crippen LogP contribution in [-0.2, 0) is 94.2 Å². The van der Waals surface area contributed by atoms with Gasteiger partial charge in [0.1, 0.15) is 40.1 Å². The lowest BCUT2D eigenvalue weighted by Crippen LogP contribution is -2.42. The van der Waals surface area contributed by atoms with Gasteiger partial charge in [-0.1, -0.05) is 123 Å². The molecule has 1 aliphatic rings. The van der Waals surface area contributed by atoms with Gasteiger partial charge in [0, 0.05) is 93.3 Å². The van der Waals surface area contributed by atoms with E-state index in [9.17, 15) is 67.7 Å². The van der Waals surface area contributed by atoms with Crippen LogP contribution in [0.25, 0.3) is 21.8 Å². The van der Waals surface area contributed by atoms with E-state index in [1.165, 1.54) is 41.3 Å². The van der Waals surface area contributed by atoms with Crippen LogP contribution in [0.15, 0.2) is 165 Å². The van der Waals surface area contributed by atoms with Crippen LogP contribution >= 0.6 is 46.4 Å². The van der Waals surface area contributed by atoms with Crippen LogP contribution in [0.1, 0.15) is 204 Å². The summed E-state index contributed by atoms with van der Waals surface area (Å²) in [6.07, 6.45) is 18.1. The summed E-state index contributed by atoms with van der Waals surface area (Å²) in [5, 5.41) is 57.0. The van der Waals surface area contributed by atoms with Gasteiger partial charge in [-0.05, 0) is 206 Å². The van der Waals surface area contributed by atoms with Gasteiger partial charge in [-0.15, -0.1) is 44.9 Å². The number of benzene rings is 5. The van der Waals surface area contributed by atoms with Crippen molar-refractivity contribution in [1.29, 1.82) is 0 Å². The summed E-state index contributed by atoms with van der Waals surface area (Å²) in [5.74, 6) is -2.91. The lowest BCUT2D eigenvalue weighted by molar-refractivity contribution is -0.172. The van der Waals surface area contributed by atoms with E-state index in [1.807, 2.05) is 24.3 Å². The van der Waals surface area contributed by atoms with Crippen molar-refractivity contribution in [3.8, 4) is 36.1 Å². The van der Waals surface area contributed by atoms with E-state index >= 15 is 0 Å². The molecule has 6 amide bonds. The number of carboxylic acid groups (broad SMARTS) is 3. The molecule has 0 saturated carbocycles. The quantitative estimate of drug-likeness (QED) is 0.00190. The molecular formula is C96H122Cl4N24O21. The number of amides is 6. The Bertz CT molecular complexity index is 5890. The third-order valence-electron chi connectivity index (χ3n) is 17.3. The first kappa shape index (κ1) is 124. The molecule has 45 nitrogen and oxygen atoms in total. The third kappa shape index (κ3) is 51.7. The predicted octanol–water partition coefficient (Wildman–Crippen LogP) is 13.1. The van der Waals surface area contributed by atoms with Gasteiger partial charge in [-0.25, -0.2) is 38.0 Å². The van der Waals surface area contributed by atoms with E-state index in [0.717, 1.165) is 33.9 Å². The highest BCUT2D eigenvalue weighted by atomic mass is 35.5. The standard InChI is InChI=1S/C21H21Cl2N7O3.C17H27NO4.C15H19N3O4.C14H19N7O2.C14H22N4O4.C11H7Cl2NO4.C4H7N/c22-15-2-1-3-16(23)18(15)19(31)27-17(20(32)33)10-12-4-6-14(7-5-12)30-11-13(28-29-30)8-9-26-21(24)25;1-8-9-10-11-13(12-14(19)21-16(2,3)4)18-15(20)22-17(5,6)7;1-15(2,3)22-13(19)9-11(14(20)21)8-10-4-6-12(7-5-10)17-18-16;15-12(13(22)23)7-9-1-3-11(4-2-9)21-8-10(19-20-21)5-6-18-14(16)17;1-13(2,3)21-11(19)16-10(18-9-7-8-15-18)17-12(20)22-14(4,5)6;12-6-2-1-3-7(13)10(6)11(17)18-14-8(15)4-5-9(14)16;1-2-3-4-5/h1-7,11,17H,8-10H2,(H,27,31)(H,32,33)(H4,24,25,26);1H,9-12H2,2-7H3;4-7,11H,8-9H2,1-3H3,(H,20,21);1-4,8,12H,5-7,15H2,(H,22,23)(H4,16,17,18);7-9H,1-6H3,(H,16,17,19,20);1-3H,4-5H2;1H,3-5H2/t17-;;11-;12-;;;/m0.10.../s1. The molecule has 1 fully saturated rings. The molecule has 8 aromatic rings. The van der Waals surface area contributed by atoms with Gasteiger partial charge in [0.15, 0.2) is 11.9 Å². The Kier molecular flexibility index (Phi) is 51.9. The fourth-order valence-electron chi connectivity index (χ4n) is 11.2.